The van der Waals surface area contributed by atoms with E-state index < -0.39 is 44.8 Å². The van der Waals surface area contributed by atoms with Crippen molar-refractivity contribution in [3.8, 4) is 5.88 Å². The number of fused-ring (bicyclic) bond motifs is 1. The monoisotopic (exact) mass is 702 g/mol. The van der Waals surface area contributed by atoms with Gasteiger partial charge in [-0.2, -0.15) is 0 Å². The Hall–Kier alpha value is -4.52. The van der Waals surface area contributed by atoms with Gasteiger partial charge in [-0.3, -0.25) is 19.1 Å². The van der Waals surface area contributed by atoms with Crippen LogP contribution in [-0.2, 0) is 24.4 Å². The minimum Gasteiger partial charge on any atom is -0.471 e. The summed E-state index contributed by atoms with van der Waals surface area (Å²) in [5.74, 6) is -1.04. The summed E-state index contributed by atoms with van der Waals surface area (Å²) in [5, 5.41) is 3.38. The quantitative estimate of drug-likeness (QED) is 0.145. The van der Waals surface area contributed by atoms with Crippen molar-refractivity contribution in [2.75, 3.05) is 11.9 Å². The molecule has 1 saturated heterocycles. The molecule has 6 rings (SSSR count). The van der Waals surface area contributed by atoms with Gasteiger partial charge < -0.3 is 20.7 Å². The molecule has 3 fully saturated rings. The molecule has 2 aliphatic carbocycles. The molecule has 266 valence electrons. The molecule has 3 amide bonds. The highest BCUT2D eigenvalue weighted by atomic mass is 32.2. The van der Waals surface area contributed by atoms with Gasteiger partial charge in [0, 0.05) is 18.0 Å². The maximum atomic E-state index is 14.1. The maximum absolute atomic E-state index is 14.1. The van der Waals surface area contributed by atoms with E-state index in [1.54, 1.807) is 11.8 Å². The highest BCUT2D eigenvalue weighted by molar-refractivity contribution is 7.91. The normalized spacial score (nSPS) is 23.0. The SMILES string of the molecule is Cc1nc2ccccc2nc1O[C@@H]1C[C@@H](C(N)=O)N(C(=O)[C@H](CCCCC/C=C\[C@@H]2C[C@@H]2C(=O)NS(=O)(=O)C2(C)CC2)Nc2ccccc2)C1. The smallest absolute Gasteiger partial charge is 0.245 e. The van der Waals surface area contributed by atoms with Gasteiger partial charge in [-0.15, -0.1) is 0 Å². The van der Waals surface area contributed by atoms with Gasteiger partial charge in [0.2, 0.25) is 33.6 Å². The largest absolute Gasteiger partial charge is 0.471 e. The molecule has 50 heavy (non-hydrogen) atoms. The van der Waals surface area contributed by atoms with E-state index in [1.165, 1.54) is 0 Å². The molecule has 0 radical (unpaired) electrons. The number of likely N-dealkylation sites (tertiary alicyclic amines) is 1. The second kappa shape index (κ2) is 14.8. The van der Waals surface area contributed by atoms with Crippen LogP contribution in [-0.4, -0.2) is 70.5 Å². The third-order valence-corrected chi connectivity index (χ3v) is 12.2. The summed E-state index contributed by atoms with van der Waals surface area (Å²) < 4.78 is 32.4. The summed E-state index contributed by atoms with van der Waals surface area (Å²) in [6.07, 6.45) is 9.62. The van der Waals surface area contributed by atoms with Crippen LogP contribution in [0.3, 0.4) is 0 Å². The number of allylic oxidation sites excluding steroid dienone is 2. The van der Waals surface area contributed by atoms with Gasteiger partial charge in [0.1, 0.15) is 23.9 Å². The second-order valence-electron chi connectivity index (χ2n) is 14.0. The Morgan fingerprint density at radius 1 is 1.02 bits per heavy atom. The summed E-state index contributed by atoms with van der Waals surface area (Å²) in [5.41, 5.74) is 8.70. The fraction of sp³-hybridized carbons (Fsp3) is 0.486. The highest BCUT2D eigenvalue weighted by Crippen LogP contribution is 2.44. The number of benzene rings is 2. The van der Waals surface area contributed by atoms with Crippen LogP contribution in [0.2, 0.25) is 0 Å². The van der Waals surface area contributed by atoms with Crippen molar-refractivity contribution >= 4 is 44.5 Å². The van der Waals surface area contributed by atoms with E-state index in [2.05, 4.69) is 26.1 Å². The standard InChI is InChI=1S/C37H46N6O6S/c1-24-35(41-30-17-12-11-16-29(30)39-24)49-27-22-32(33(38)44)43(23-27)36(46)31(40-26-14-8-6-9-15-26)18-10-5-3-4-7-13-25-21-28(25)34(45)42-50(47,48)37(2)19-20-37/h6-9,11-17,25,27-28,31-32,40H,3-5,10,18-23H2,1-2H3,(H2,38,44)(H,42,45)/b13-7-/t25-,27-,28+,31+,32+/m1/s1. The Balaban J connectivity index is 1.01. The topological polar surface area (TPSA) is 174 Å². The average molecular weight is 703 g/mol. The van der Waals surface area contributed by atoms with Gasteiger partial charge in [-0.1, -0.05) is 55.3 Å². The number of hydrogen-bond donors (Lipinski definition) is 3. The summed E-state index contributed by atoms with van der Waals surface area (Å²) in [6.45, 7) is 3.69. The molecule has 2 saturated carbocycles. The van der Waals surface area contributed by atoms with E-state index in [1.807, 2.05) is 67.6 Å². The summed E-state index contributed by atoms with van der Waals surface area (Å²) in [7, 11) is -3.61. The van der Waals surface area contributed by atoms with Crippen LogP contribution in [0, 0.1) is 18.8 Å². The van der Waals surface area contributed by atoms with Crippen LogP contribution in [0.15, 0.2) is 66.7 Å². The number of anilines is 1. The van der Waals surface area contributed by atoms with Crippen LogP contribution < -0.4 is 20.5 Å². The first-order valence-electron chi connectivity index (χ1n) is 17.5. The Labute approximate surface area is 293 Å². The molecule has 0 spiro atoms. The van der Waals surface area contributed by atoms with Crippen molar-refractivity contribution in [1.82, 2.24) is 19.6 Å². The van der Waals surface area contributed by atoms with Gasteiger partial charge in [-0.25, -0.2) is 18.4 Å². The number of nitrogens with one attached hydrogen (secondary N) is 2. The zero-order valence-corrected chi connectivity index (χ0v) is 29.4. The van der Waals surface area contributed by atoms with E-state index >= 15 is 0 Å². The van der Waals surface area contributed by atoms with Gasteiger partial charge in [-0.05, 0) is 82.6 Å². The average Bonchev–Trinajstić information content (AvgIpc) is 4.00. The molecule has 0 bridgehead atoms. The number of carbonyl (C=O) groups excluding carboxylic acids is 3. The lowest BCUT2D eigenvalue weighted by atomic mass is 10.0. The highest BCUT2D eigenvalue weighted by Gasteiger charge is 2.52. The lowest BCUT2D eigenvalue weighted by Crippen LogP contribution is -2.49. The third-order valence-electron chi connectivity index (χ3n) is 10.0. The Kier molecular flexibility index (Phi) is 10.4. The van der Waals surface area contributed by atoms with E-state index in [0.29, 0.717) is 42.8 Å². The molecule has 2 heterocycles. The minimum absolute atomic E-state index is 0.0675. The number of para-hydroxylation sites is 3. The first kappa shape index (κ1) is 35.3. The molecule has 5 atom stereocenters. The molecule has 0 unspecified atom stereocenters. The third kappa shape index (κ3) is 8.26. The number of carbonyl (C=O) groups is 3. The molecule has 12 nitrogen and oxygen atoms in total. The Bertz CT molecular complexity index is 1860. The number of nitrogens with zero attached hydrogens (tertiary/aromatic N) is 3. The van der Waals surface area contributed by atoms with Crippen LogP contribution in [0.1, 0.15) is 70.4 Å². The summed E-state index contributed by atoms with van der Waals surface area (Å²) in [4.78, 5) is 49.9. The van der Waals surface area contributed by atoms with Crippen LogP contribution in [0.25, 0.3) is 11.0 Å². The summed E-state index contributed by atoms with van der Waals surface area (Å²) >= 11 is 0. The van der Waals surface area contributed by atoms with Crippen LogP contribution in [0.5, 0.6) is 5.88 Å². The molecule has 3 aliphatic rings. The lowest BCUT2D eigenvalue weighted by molar-refractivity contribution is -0.138. The van der Waals surface area contributed by atoms with Crippen molar-refractivity contribution in [2.45, 2.75) is 94.6 Å². The molecule has 1 aromatic heterocycles. The van der Waals surface area contributed by atoms with Crippen molar-refractivity contribution < 1.29 is 27.5 Å². The number of nitrogens with two attached hydrogens (primary N) is 1. The first-order valence-corrected chi connectivity index (χ1v) is 19.0. The van der Waals surface area contributed by atoms with Crippen molar-refractivity contribution in [2.24, 2.45) is 17.6 Å². The first-order chi connectivity index (χ1) is 23.9. The van der Waals surface area contributed by atoms with E-state index in [4.69, 9.17) is 10.5 Å². The fourth-order valence-corrected chi connectivity index (χ4v) is 7.80. The van der Waals surface area contributed by atoms with E-state index in [-0.39, 0.29) is 30.7 Å². The zero-order chi connectivity index (χ0) is 35.5. The number of sulfonamides is 1. The number of aromatic nitrogens is 2. The number of aryl methyl sites for hydroxylation is 1. The van der Waals surface area contributed by atoms with Crippen LogP contribution in [0.4, 0.5) is 5.69 Å². The van der Waals surface area contributed by atoms with Gasteiger partial charge in [0.05, 0.1) is 22.3 Å². The minimum atomic E-state index is -3.61. The molecule has 1 aliphatic heterocycles. The predicted molar refractivity (Wildman–Crippen MR) is 190 cm³/mol. The number of ether oxygens (including phenoxy) is 1. The van der Waals surface area contributed by atoms with Crippen LogP contribution >= 0.6 is 0 Å². The summed E-state index contributed by atoms with van der Waals surface area (Å²) in [6, 6.07) is 15.6. The van der Waals surface area contributed by atoms with Gasteiger partial charge in [0.25, 0.3) is 0 Å². The van der Waals surface area contributed by atoms with E-state index in [0.717, 1.165) is 36.9 Å². The van der Waals surface area contributed by atoms with Gasteiger partial charge in [0.15, 0.2) is 0 Å². The van der Waals surface area contributed by atoms with Crippen molar-refractivity contribution in [1.29, 1.82) is 0 Å². The lowest BCUT2D eigenvalue weighted by Gasteiger charge is -2.28. The maximum Gasteiger partial charge on any atom is 0.245 e. The number of amides is 3. The molecular formula is C37H46N6O6S. The predicted octanol–water partition coefficient (Wildman–Crippen LogP) is 4.39. The Morgan fingerprint density at radius 3 is 2.42 bits per heavy atom. The molecule has 4 N–H and O–H groups in total. The number of rotatable bonds is 16. The molecule has 13 heteroatoms. The van der Waals surface area contributed by atoms with Crippen molar-refractivity contribution in [3.05, 3.63) is 72.4 Å². The molecule has 3 aromatic rings. The molecular weight excluding hydrogens is 657 g/mol. The number of unbranched alkanes of at least 4 members (excludes halogenated alkanes) is 3. The Morgan fingerprint density at radius 2 is 1.72 bits per heavy atom. The van der Waals surface area contributed by atoms with Gasteiger partial charge >= 0.3 is 0 Å². The zero-order valence-electron chi connectivity index (χ0n) is 28.6. The second-order valence-corrected chi connectivity index (χ2v) is 16.2. The fourth-order valence-electron chi connectivity index (χ4n) is 6.49. The van der Waals surface area contributed by atoms with Crippen molar-refractivity contribution in [3.63, 3.8) is 0 Å². The molecule has 2 aromatic carbocycles. The number of hydrogen-bond acceptors (Lipinski definition) is 9. The number of primary amides is 1. The van der Waals surface area contributed by atoms with E-state index in [9.17, 15) is 22.8 Å².